The van der Waals surface area contributed by atoms with Crippen molar-refractivity contribution < 1.29 is 0 Å². The zero-order chi connectivity index (χ0) is 12.5. The van der Waals surface area contributed by atoms with Crippen LogP contribution in [0.5, 0.6) is 0 Å². The topological polar surface area (TPSA) is 54.0 Å². The average molecular weight is 254 g/mol. The first-order valence-corrected chi connectivity index (χ1v) is 6.53. The molecule has 4 nitrogen and oxygen atoms in total. The van der Waals surface area contributed by atoms with Crippen LogP contribution in [0.3, 0.4) is 0 Å². The minimum absolute atomic E-state index is 0.600. The van der Waals surface area contributed by atoms with Gasteiger partial charge in [0.25, 0.3) is 0 Å². The number of hydrogen-bond acceptors (Lipinski definition) is 4. The van der Waals surface area contributed by atoms with E-state index in [2.05, 4.69) is 34.6 Å². The van der Waals surface area contributed by atoms with E-state index in [1.807, 2.05) is 10.6 Å². The van der Waals surface area contributed by atoms with Crippen LogP contribution in [0.25, 0.3) is 16.3 Å². The van der Waals surface area contributed by atoms with Crippen molar-refractivity contribution in [3.8, 4) is 16.8 Å². The van der Waals surface area contributed by atoms with Crippen LogP contribution in [0.1, 0.15) is 18.1 Å². The molecule has 3 aromatic heterocycles. The number of hydrogen-bond donors (Lipinski definition) is 0. The van der Waals surface area contributed by atoms with Crippen LogP contribution in [0.15, 0.2) is 29.8 Å². The molecule has 0 bridgehead atoms. The summed E-state index contributed by atoms with van der Waals surface area (Å²) in [7, 11) is 0. The maximum absolute atomic E-state index is 8.86. The molecule has 0 unspecified atom stereocenters. The predicted octanol–water partition coefficient (Wildman–Crippen LogP) is 2.89. The van der Waals surface area contributed by atoms with Gasteiger partial charge in [-0.1, -0.05) is 6.92 Å². The molecule has 3 aromatic rings. The van der Waals surface area contributed by atoms with Crippen molar-refractivity contribution in [2.24, 2.45) is 0 Å². The molecule has 0 amide bonds. The fourth-order valence-corrected chi connectivity index (χ4v) is 2.90. The number of pyridine rings is 1. The molecule has 0 N–H and O–H groups in total. The molecular formula is C13H10N4S. The van der Waals surface area contributed by atoms with E-state index in [4.69, 9.17) is 5.26 Å². The van der Waals surface area contributed by atoms with Gasteiger partial charge in [-0.3, -0.25) is 4.40 Å². The van der Waals surface area contributed by atoms with Gasteiger partial charge in [-0.2, -0.15) is 5.26 Å². The molecule has 0 radical (unpaired) electrons. The van der Waals surface area contributed by atoms with Gasteiger partial charge in [0.05, 0.1) is 16.5 Å². The van der Waals surface area contributed by atoms with Crippen molar-refractivity contribution >= 4 is 17.0 Å². The molecule has 0 aromatic carbocycles. The summed E-state index contributed by atoms with van der Waals surface area (Å²) in [6.45, 7) is 2.13. The Morgan fingerprint density at radius 3 is 3.06 bits per heavy atom. The highest BCUT2D eigenvalue weighted by Gasteiger charge is 2.12. The third-order valence-corrected chi connectivity index (χ3v) is 3.82. The zero-order valence-corrected chi connectivity index (χ0v) is 10.6. The van der Waals surface area contributed by atoms with Crippen LogP contribution in [0.2, 0.25) is 0 Å². The Hall–Kier alpha value is -2.19. The summed E-state index contributed by atoms with van der Waals surface area (Å²) in [6, 6.07) is 7.75. The van der Waals surface area contributed by atoms with E-state index in [9.17, 15) is 0 Å². The molecule has 5 heteroatoms. The van der Waals surface area contributed by atoms with Crippen molar-refractivity contribution in [3.05, 3.63) is 40.9 Å². The van der Waals surface area contributed by atoms with Crippen LogP contribution in [0.4, 0.5) is 0 Å². The molecule has 0 aliphatic heterocycles. The lowest BCUT2D eigenvalue weighted by atomic mass is 10.2. The van der Waals surface area contributed by atoms with Gasteiger partial charge in [0.15, 0.2) is 11.5 Å². The van der Waals surface area contributed by atoms with Gasteiger partial charge in [-0.05, 0) is 29.5 Å². The smallest absolute Gasteiger partial charge is 0.178 e. The van der Waals surface area contributed by atoms with Crippen molar-refractivity contribution in [1.82, 2.24) is 14.6 Å². The Morgan fingerprint density at radius 1 is 1.39 bits per heavy atom. The molecule has 0 saturated heterocycles. The van der Waals surface area contributed by atoms with E-state index in [0.29, 0.717) is 11.2 Å². The van der Waals surface area contributed by atoms with E-state index < -0.39 is 0 Å². The second kappa shape index (κ2) is 4.24. The summed E-state index contributed by atoms with van der Waals surface area (Å²) in [5.41, 5.74) is 2.58. The number of thiophene rings is 1. The van der Waals surface area contributed by atoms with E-state index in [1.54, 1.807) is 23.5 Å². The number of nitriles is 1. The number of nitrogens with zero attached hydrogens (tertiary/aromatic N) is 4. The molecule has 88 valence electrons. The van der Waals surface area contributed by atoms with E-state index in [-0.39, 0.29) is 0 Å². The van der Waals surface area contributed by atoms with Crippen molar-refractivity contribution in [2.45, 2.75) is 13.3 Å². The van der Waals surface area contributed by atoms with E-state index in [1.165, 1.54) is 5.56 Å². The first-order valence-electron chi connectivity index (χ1n) is 5.65. The van der Waals surface area contributed by atoms with Gasteiger partial charge in [0.1, 0.15) is 0 Å². The molecule has 0 aliphatic carbocycles. The Bertz CT molecular complexity index is 748. The van der Waals surface area contributed by atoms with Crippen molar-refractivity contribution in [3.63, 3.8) is 0 Å². The lowest BCUT2D eigenvalue weighted by molar-refractivity contribution is 1.09. The van der Waals surface area contributed by atoms with Crippen molar-refractivity contribution in [1.29, 1.82) is 5.26 Å². The molecule has 0 atom stereocenters. The summed E-state index contributed by atoms with van der Waals surface area (Å²) < 4.78 is 1.92. The van der Waals surface area contributed by atoms with Gasteiger partial charge in [-0.15, -0.1) is 21.5 Å². The molecule has 0 saturated carbocycles. The van der Waals surface area contributed by atoms with Crippen LogP contribution >= 0.6 is 11.3 Å². The van der Waals surface area contributed by atoms with Crippen molar-refractivity contribution in [2.75, 3.05) is 0 Å². The van der Waals surface area contributed by atoms with Gasteiger partial charge in [0.2, 0.25) is 0 Å². The maximum atomic E-state index is 8.86. The highest BCUT2D eigenvalue weighted by atomic mass is 32.1. The van der Waals surface area contributed by atoms with Crippen LogP contribution in [-0.2, 0) is 6.42 Å². The van der Waals surface area contributed by atoms with Gasteiger partial charge in [0, 0.05) is 12.3 Å². The molecule has 0 spiro atoms. The normalized spacial score (nSPS) is 10.7. The predicted molar refractivity (Wildman–Crippen MR) is 70.4 cm³/mol. The summed E-state index contributed by atoms with van der Waals surface area (Å²) in [6.07, 6.45) is 2.83. The summed E-state index contributed by atoms with van der Waals surface area (Å²) in [5.74, 6) is 0.848. The van der Waals surface area contributed by atoms with Gasteiger partial charge in [-0.25, -0.2) is 0 Å². The second-order valence-electron chi connectivity index (χ2n) is 3.91. The first-order chi connectivity index (χ1) is 8.83. The maximum Gasteiger partial charge on any atom is 0.178 e. The third kappa shape index (κ3) is 1.59. The van der Waals surface area contributed by atoms with Crippen LogP contribution in [0, 0.1) is 11.3 Å². The molecule has 0 aliphatic rings. The highest BCUT2D eigenvalue weighted by molar-refractivity contribution is 7.13. The molecule has 3 heterocycles. The number of fused-ring (bicyclic) bond motifs is 1. The quantitative estimate of drug-likeness (QED) is 0.706. The number of aromatic nitrogens is 3. The lowest BCUT2D eigenvalue weighted by Gasteiger charge is -2.00. The Labute approximate surface area is 108 Å². The monoisotopic (exact) mass is 254 g/mol. The Balaban J connectivity index is 2.22. The van der Waals surface area contributed by atoms with E-state index >= 15 is 0 Å². The molecule has 0 fully saturated rings. The minimum atomic E-state index is 0.600. The molecular weight excluding hydrogens is 244 g/mol. The molecule has 18 heavy (non-hydrogen) atoms. The lowest BCUT2D eigenvalue weighted by Crippen LogP contribution is -1.90. The zero-order valence-electron chi connectivity index (χ0n) is 9.79. The SMILES string of the molecule is CCc1ccsc1-c1nnc2cc(C#N)ccn12. The number of aryl methyl sites for hydroxylation is 1. The molecule has 3 rings (SSSR count). The summed E-state index contributed by atoms with van der Waals surface area (Å²) >= 11 is 1.67. The van der Waals surface area contributed by atoms with Gasteiger partial charge < -0.3 is 0 Å². The Kier molecular flexibility index (Phi) is 2.58. The largest absolute Gasteiger partial charge is 0.282 e. The first kappa shape index (κ1) is 10.9. The number of rotatable bonds is 2. The fourth-order valence-electron chi connectivity index (χ4n) is 1.93. The summed E-state index contributed by atoms with van der Waals surface area (Å²) in [4.78, 5) is 1.15. The Morgan fingerprint density at radius 2 is 2.28 bits per heavy atom. The second-order valence-corrected chi connectivity index (χ2v) is 4.82. The van der Waals surface area contributed by atoms with E-state index in [0.717, 1.165) is 17.1 Å². The standard InChI is InChI=1S/C13H10N4S/c1-2-10-4-6-18-12(10)13-16-15-11-7-9(8-14)3-5-17(11)13/h3-7H,2H2,1H3. The highest BCUT2D eigenvalue weighted by Crippen LogP contribution is 2.28. The van der Waals surface area contributed by atoms with Crippen LogP contribution < -0.4 is 0 Å². The fraction of sp³-hybridized carbons (Fsp3) is 0.154. The van der Waals surface area contributed by atoms with Gasteiger partial charge >= 0.3 is 0 Å². The third-order valence-electron chi connectivity index (χ3n) is 2.87. The average Bonchev–Trinajstić information content (AvgIpc) is 3.03. The summed E-state index contributed by atoms with van der Waals surface area (Å²) in [5, 5.41) is 19.3. The van der Waals surface area contributed by atoms with Crippen LogP contribution in [-0.4, -0.2) is 14.6 Å². The minimum Gasteiger partial charge on any atom is -0.282 e.